The Balaban J connectivity index is 1.77. The van der Waals surface area contributed by atoms with Gasteiger partial charge in [-0.05, 0) is 19.4 Å². The number of hydrogen-bond acceptors (Lipinski definition) is 3. The molecule has 1 fully saturated rings. The van der Waals surface area contributed by atoms with Crippen LogP contribution in [0.5, 0.6) is 0 Å². The Labute approximate surface area is 82.3 Å². The van der Waals surface area contributed by atoms with E-state index in [1.54, 1.807) is 12.4 Å². The van der Waals surface area contributed by atoms with E-state index in [4.69, 9.17) is 0 Å². The van der Waals surface area contributed by atoms with E-state index >= 15 is 0 Å². The fraction of sp³-hybridized carbons (Fsp3) is 0.556. The van der Waals surface area contributed by atoms with Crippen molar-refractivity contribution in [3.63, 3.8) is 0 Å². The van der Waals surface area contributed by atoms with Crippen LogP contribution in [-0.2, 0) is 11.3 Å². The van der Waals surface area contributed by atoms with Crippen LogP contribution in [0.4, 0.5) is 0 Å². The molecule has 0 aromatic carbocycles. The number of amides is 1. The zero-order valence-corrected chi connectivity index (χ0v) is 7.92. The molecule has 0 radical (unpaired) electrons. The molecule has 1 saturated heterocycles. The van der Waals surface area contributed by atoms with Crippen LogP contribution in [0, 0.1) is 0 Å². The van der Waals surface area contributed by atoms with E-state index in [-0.39, 0.29) is 11.9 Å². The zero-order chi connectivity index (χ0) is 9.80. The molecule has 5 heteroatoms. The van der Waals surface area contributed by atoms with E-state index in [9.17, 15) is 4.79 Å². The Hall–Kier alpha value is -1.36. The average Bonchev–Trinajstić information content (AvgIpc) is 2.87. The quantitative estimate of drug-likeness (QED) is 0.623. The Morgan fingerprint density at radius 3 is 3.29 bits per heavy atom. The minimum absolute atomic E-state index is 0.00929. The predicted octanol–water partition coefficient (Wildman–Crippen LogP) is -0.222. The molecule has 1 aromatic rings. The molecule has 1 aliphatic rings. The van der Waals surface area contributed by atoms with Gasteiger partial charge in [0, 0.05) is 12.4 Å². The molecular formula is C9H14N4O. The van der Waals surface area contributed by atoms with Crippen LogP contribution >= 0.6 is 0 Å². The highest BCUT2D eigenvalue weighted by Crippen LogP contribution is 2.04. The van der Waals surface area contributed by atoms with Crippen molar-refractivity contribution in [3.05, 3.63) is 18.2 Å². The molecule has 0 spiro atoms. The predicted molar refractivity (Wildman–Crippen MR) is 51.5 cm³/mol. The van der Waals surface area contributed by atoms with Crippen molar-refractivity contribution in [2.45, 2.75) is 25.4 Å². The SMILES string of the molecule is O=C(NCc1ncc[nH]1)[C@@H]1CCCN1. The molecule has 1 amide bonds. The summed E-state index contributed by atoms with van der Waals surface area (Å²) in [6.45, 7) is 1.42. The fourth-order valence-corrected chi connectivity index (χ4v) is 1.60. The minimum atomic E-state index is -0.00929. The molecule has 1 aliphatic heterocycles. The molecular weight excluding hydrogens is 180 g/mol. The minimum Gasteiger partial charge on any atom is -0.348 e. The van der Waals surface area contributed by atoms with Crippen molar-refractivity contribution in [2.75, 3.05) is 6.54 Å². The molecule has 1 aromatic heterocycles. The average molecular weight is 194 g/mol. The highest BCUT2D eigenvalue weighted by atomic mass is 16.2. The summed E-state index contributed by atoms with van der Waals surface area (Å²) >= 11 is 0. The second-order valence-electron chi connectivity index (χ2n) is 3.40. The lowest BCUT2D eigenvalue weighted by Gasteiger charge is -2.09. The third-order valence-corrected chi connectivity index (χ3v) is 2.36. The largest absolute Gasteiger partial charge is 0.348 e. The van der Waals surface area contributed by atoms with Crippen LogP contribution in [-0.4, -0.2) is 28.5 Å². The highest BCUT2D eigenvalue weighted by molar-refractivity contribution is 5.81. The summed E-state index contributed by atoms with van der Waals surface area (Å²) in [6, 6.07) is -0.00929. The first-order chi connectivity index (χ1) is 6.86. The number of hydrogen-bond donors (Lipinski definition) is 3. The van der Waals surface area contributed by atoms with Gasteiger partial charge in [0.2, 0.25) is 5.91 Å². The molecule has 3 N–H and O–H groups in total. The highest BCUT2D eigenvalue weighted by Gasteiger charge is 2.21. The normalized spacial score (nSPS) is 21.0. The van der Waals surface area contributed by atoms with Crippen molar-refractivity contribution in [1.82, 2.24) is 20.6 Å². The summed E-state index contributed by atoms with van der Waals surface area (Å²) in [5, 5.41) is 5.98. The molecule has 14 heavy (non-hydrogen) atoms. The Morgan fingerprint density at radius 2 is 2.64 bits per heavy atom. The van der Waals surface area contributed by atoms with Gasteiger partial charge in [-0.25, -0.2) is 4.98 Å². The molecule has 2 heterocycles. The smallest absolute Gasteiger partial charge is 0.237 e. The Kier molecular flexibility index (Phi) is 2.78. The molecule has 2 rings (SSSR count). The number of carbonyl (C=O) groups excluding carboxylic acids is 1. The van der Waals surface area contributed by atoms with Crippen molar-refractivity contribution < 1.29 is 4.79 Å². The number of aromatic amines is 1. The number of nitrogens with zero attached hydrogens (tertiary/aromatic N) is 1. The lowest BCUT2D eigenvalue weighted by atomic mass is 10.2. The Bertz CT molecular complexity index is 290. The lowest BCUT2D eigenvalue weighted by Crippen LogP contribution is -2.40. The van der Waals surface area contributed by atoms with Gasteiger partial charge >= 0.3 is 0 Å². The second kappa shape index (κ2) is 4.23. The van der Waals surface area contributed by atoms with Crippen LogP contribution in [0.1, 0.15) is 18.7 Å². The fourth-order valence-electron chi connectivity index (χ4n) is 1.60. The summed E-state index contributed by atoms with van der Waals surface area (Å²) in [4.78, 5) is 18.5. The van der Waals surface area contributed by atoms with E-state index in [2.05, 4.69) is 20.6 Å². The van der Waals surface area contributed by atoms with Crippen LogP contribution in [0.25, 0.3) is 0 Å². The van der Waals surface area contributed by atoms with E-state index in [0.717, 1.165) is 25.2 Å². The first kappa shape index (κ1) is 9.21. The van der Waals surface area contributed by atoms with E-state index < -0.39 is 0 Å². The van der Waals surface area contributed by atoms with Crippen LogP contribution in [0.2, 0.25) is 0 Å². The second-order valence-corrected chi connectivity index (χ2v) is 3.40. The number of carbonyl (C=O) groups is 1. The van der Waals surface area contributed by atoms with Crippen molar-refractivity contribution in [1.29, 1.82) is 0 Å². The van der Waals surface area contributed by atoms with Crippen LogP contribution in [0.15, 0.2) is 12.4 Å². The number of H-pyrrole nitrogens is 1. The number of nitrogens with one attached hydrogen (secondary N) is 3. The van der Waals surface area contributed by atoms with Gasteiger partial charge in [-0.15, -0.1) is 0 Å². The van der Waals surface area contributed by atoms with Gasteiger partial charge in [0.1, 0.15) is 5.82 Å². The first-order valence-electron chi connectivity index (χ1n) is 4.85. The first-order valence-corrected chi connectivity index (χ1v) is 4.85. The Morgan fingerprint density at radius 1 is 1.71 bits per heavy atom. The third kappa shape index (κ3) is 2.11. The number of imidazole rings is 1. The molecule has 0 saturated carbocycles. The molecule has 0 unspecified atom stereocenters. The van der Waals surface area contributed by atoms with Gasteiger partial charge in [0.15, 0.2) is 0 Å². The van der Waals surface area contributed by atoms with Crippen LogP contribution < -0.4 is 10.6 Å². The monoisotopic (exact) mass is 194 g/mol. The summed E-state index contributed by atoms with van der Waals surface area (Å²) < 4.78 is 0. The van der Waals surface area contributed by atoms with Crippen molar-refractivity contribution >= 4 is 5.91 Å². The molecule has 0 bridgehead atoms. The molecule has 0 aliphatic carbocycles. The van der Waals surface area contributed by atoms with Crippen molar-refractivity contribution in [2.24, 2.45) is 0 Å². The maximum atomic E-state index is 11.5. The topological polar surface area (TPSA) is 69.8 Å². The van der Waals surface area contributed by atoms with Crippen molar-refractivity contribution in [3.8, 4) is 0 Å². The van der Waals surface area contributed by atoms with Crippen LogP contribution in [0.3, 0.4) is 0 Å². The van der Waals surface area contributed by atoms with E-state index in [0.29, 0.717) is 6.54 Å². The van der Waals surface area contributed by atoms with Gasteiger partial charge in [0.25, 0.3) is 0 Å². The molecule has 1 atom stereocenters. The van der Waals surface area contributed by atoms with Gasteiger partial charge in [-0.3, -0.25) is 4.79 Å². The molecule has 5 nitrogen and oxygen atoms in total. The van der Waals surface area contributed by atoms with Gasteiger partial charge < -0.3 is 15.6 Å². The number of rotatable bonds is 3. The summed E-state index contributed by atoms with van der Waals surface area (Å²) in [5.74, 6) is 0.857. The van der Waals surface area contributed by atoms with Gasteiger partial charge in [-0.1, -0.05) is 0 Å². The molecule has 76 valence electrons. The summed E-state index contributed by atoms with van der Waals surface area (Å²) in [5.41, 5.74) is 0. The summed E-state index contributed by atoms with van der Waals surface area (Å²) in [6.07, 6.45) is 5.44. The maximum Gasteiger partial charge on any atom is 0.237 e. The van der Waals surface area contributed by atoms with E-state index in [1.165, 1.54) is 0 Å². The number of aromatic nitrogens is 2. The summed E-state index contributed by atoms with van der Waals surface area (Å²) in [7, 11) is 0. The standard InChI is InChI=1S/C9H14N4O/c14-9(7-2-1-3-10-7)13-6-8-11-4-5-12-8/h4-5,7,10H,1-3,6H2,(H,11,12)(H,13,14)/t7-/m0/s1. The van der Waals surface area contributed by atoms with Gasteiger partial charge in [0.05, 0.1) is 12.6 Å². The maximum absolute atomic E-state index is 11.5. The van der Waals surface area contributed by atoms with Gasteiger partial charge in [-0.2, -0.15) is 0 Å². The van der Waals surface area contributed by atoms with E-state index in [1.807, 2.05) is 0 Å². The lowest BCUT2D eigenvalue weighted by molar-refractivity contribution is -0.122. The third-order valence-electron chi connectivity index (χ3n) is 2.36. The zero-order valence-electron chi connectivity index (χ0n) is 7.92.